The molecule has 2 aromatic rings. The van der Waals surface area contributed by atoms with Gasteiger partial charge in [-0.3, -0.25) is 0 Å². The molecule has 0 saturated carbocycles. The standard InChI is InChI=1S/C12H9Br2FS/c13-8-3-4-12(15)10(6-8)11(14)7-9-2-1-5-16-9/h1-6,11H,7H2. The molecule has 84 valence electrons. The fourth-order valence-corrected chi connectivity index (χ4v) is 3.51. The molecule has 0 spiro atoms. The number of thiophene rings is 1. The second-order valence-electron chi connectivity index (χ2n) is 3.42. The predicted molar refractivity (Wildman–Crippen MR) is 73.8 cm³/mol. The van der Waals surface area contributed by atoms with Gasteiger partial charge in [0.05, 0.1) is 0 Å². The van der Waals surface area contributed by atoms with Gasteiger partial charge >= 0.3 is 0 Å². The zero-order valence-electron chi connectivity index (χ0n) is 8.29. The molecule has 0 bridgehead atoms. The number of hydrogen-bond acceptors (Lipinski definition) is 1. The number of hydrogen-bond donors (Lipinski definition) is 0. The van der Waals surface area contributed by atoms with Crippen LogP contribution in [0, 0.1) is 5.82 Å². The van der Waals surface area contributed by atoms with E-state index < -0.39 is 0 Å². The summed E-state index contributed by atoms with van der Waals surface area (Å²) in [5.74, 6) is -0.165. The maximum atomic E-state index is 13.6. The summed E-state index contributed by atoms with van der Waals surface area (Å²) in [5, 5.41) is 2.03. The number of alkyl halides is 1. The molecule has 0 saturated heterocycles. The van der Waals surface area contributed by atoms with Crippen LogP contribution in [-0.4, -0.2) is 0 Å². The van der Waals surface area contributed by atoms with Crippen LogP contribution in [0.15, 0.2) is 40.2 Å². The van der Waals surface area contributed by atoms with Gasteiger partial charge in [0.15, 0.2) is 0 Å². The van der Waals surface area contributed by atoms with E-state index in [0.29, 0.717) is 5.56 Å². The summed E-state index contributed by atoms with van der Waals surface area (Å²) in [4.78, 5) is 1.27. The Hall–Kier alpha value is -0.190. The molecule has 2 rings (SSSR count). The lowest BCUT2D eigenvalue weighted by molar-refractivity contribution is 0.608. The van der Waals surface area contributed by atoms with E-state index in [0.717, 1.165) is 10.9 Å². The molecule has 0 radical (unpaired) electrons. The van der Waals surface area contributed by atoms with Crippen LogP contribution < -0.4 is 0 Å². The molecule has 16 heavy (non-hydrogen) atoms. The number of halogens is 3. The molecule has 0 aliphatic heterocycles. The van der Waals surface area contributed by atoms with Crippen LogP contribution in [-0.2, 0) is 6.42 Å². The summed E-state index contributed by atoms with van der Waals surface area (Å²) in [6, 6.07) is 9.10. The smallest absolute Gasteiger partial charge is 0.127 e. The molecule has 0 amide bonds. The summed E-state index contributed by atoms with van der Waals surface area (Å²) >= 11 is 8.59. The van der Waals surface area contributed by atoms with Crippen molar-refractivity contribution in [3.8, 4) is 0 Å². The molecule has 1 heterocycles. The third kappa shape index (κ3) is 2.93. The highest BCUT2D eigenvalue weighted by Gasteiger charge is 2.14. The Bertz CT molecular complexity index is 468. The molecule has 4 heteroatoms. The summed E-state index contributed by atoms with van der Waals surface area (Å²) < 4.78 is 14.5. The van der Waals surface area contributed by atoms with Crippen molar-refractivity contribution in [3.05, 3.63) is 56.4 Å². The van der Waals surface area contributed by atoms with Crippen LogP contribution in [0.25, 0.3) is 0 Å². The predicted octanol–water partition coefficient (Wildman–Crippen LogP) is 5.33. The summed E-state index contributed by atoms with van der Waals surface area (Å²) in [6.45, 7) is 0. The van der Waals surface area contributed by atoms with Crippen LogP contribution in [0.1, 0.15) is 15.3 Å². The third-order valence-electron chi connectivity index (χ3n) is 2.26. The topological polar surface area (TPSA) is 0 Å². The van der Waals surface area contributed by atoms with Crippen molar-refractivity contribution >= 4 is 43.2 Å². The molecule has 1 unspecified atom stereocenters. The summed E-state index contributed by atoms with van der Waals surface area (Å²) in [5.41, 5.74) is 0.697. The Morgan fingerprint density at radius 2 is 2.12 bits per heavy atom. The highest BCUT2D eigenvalue weighted by molar-refractivity contribution is 9.10. The highest BCUT2D eigenvalue weighted by atomic mass is 79.9. The number of rotatable bonds is 3. The molecule has 0 N–H and O–H groups in total. The van der Waals surface area contributed by atoms with Gasteiger partial charge in [-0.1, -0.05) is 37.9 Å². The van der Waals surface area contributed by atoms with Crippen molar-refractivity contribution in [3.63, 3.8) is 0 Å². The van der Waals surface area contributed by atoms with Gasteiger partial charge in [0, 0.05) is 19.7 Å². The van der Waals surface area contributed by atoms with Gasteiger partial charge in [-0.2, -0.15) is 0 Å². The monoisotopic (exact) mass is 362 g/mol. The fraction of sp³-hybridized carbons (Fsp3) is 0.167. The largest absolute Gasteiger partial charge is 0.207 e. The van der Waals surface area contributed by atoms with Gasteiger partial charge in [0.2, 0.25) is 0 Å². The van der Waals surface area contributed by atoms with Crippen molar-refractivity contribution in [2.24, 2.45) is 0 Å². The first kappa shape index (κ1) is 12.3. The van der Waals surface area contributed by atoms with Gasteiger partial charge in [-0.05, 0) is 36.1 Å². The molecule has 1 atom stereocenters. The van der Waals surface area contributed by atoms with E-state index in [2.05, 4.69) is 37.9 Å². The van der Waals surface area contributed by atoms with Crippen molar-refractivity contribution in [1.29, 1.82) is 0 Å². The zero-order valence-corrected chi connectivity index (χ0v) is 12.3. The minimum absolute atomic E-state index is 0.0173. The summed E-state index contributed by atoms with van der Waals surface area (Å²) in [7, 11) is 0. The second kappa shape index (κ2) is 5.43. The summed E-state index contributed by atoms with van der Waals surface area (Å²) in [6.07, 6.45) is 0.811. The molecule has 0 aliphatic carbocycles. The maximum Gasteiger partial charge on any atom is 0.127 e. The maximum absolute atomic E-state index is 13.6. The van der Waals surface area contributed by atoms with Crippen LogP contribution in [0.2, 0.25) is 0 Å². The van der Waals surface area contributed by atoms with E-state index in [1.54, 1.807) is 17.4 Å². The van der Waals surface area contributed by atoms with Crippen molar-refractivity contribution in [2.75, 3.05) is 0 Å². The van der Waals surface area contributed by atoms with E-state index in [-0.39, 0.29) is 10.6 Å². The lowest BCUT2D eigenvalue weighted by Crippen LogP contribution is -1.97. The van der Waals surface area contributed by atoms with Crippen molar-refractivity contribution in [2.45, 2.75) is 11.2 Å². The first-order valence-corrected chi connectivity index (χ1v) is 7.37. The zero-order chi connectivity index (χ0) is 11.5. The first-order valence-electron chi connectivity index (χ1n) is 4.78. The lowest BCUT2D eigenvalue weighted by atomic mass is 10.1. The van der Waals surface area contributed by atoms with Gasteiger partial charge in [0.1, 0.15) is 5.82 Å². The molecule has 1 aromatic carbocycles. The van der Waals surface area contributed by atoms with Gasteiger partial charge in [0.25, 0.3) is 0 Å². The number of benzene rings is 1. The van der Waals surface area contributed by atoms with Gasteiger partial charge in [-0.15, -0.1) is 11.3 Å². The van der Waals surface area contributed by atoms with Gasteiger partial charge in [-0.25, -0.2) is 4.39 Å². The molecule has 0 fully saturated rings. The SMILES string of the molecule is Fc1ccc(Br)cc1C(Br)Cc1cccs1. The van der Waals surface area contributed by atoms with Crippen LogP contribution in [0.4, 0.5) is 4.39 Å². The van der Waals surface area contributed by atoms with E-state index in [9.17, 15) is 4.39 Å². The van der Waals surface area contributed by atoms with Gasteiger partial charge < -0.3 is 0 Å². The van der Waals surface area contributed by atoms with Crippen molar-refractivity contribution in [1.82, 2.24) is 0 Å². The highest BCUT2D eigenvalue weighted by Crippen LogP contribution is 2.32. The molecular formula is C12H9Br2FS. The Morgan fingerprint density at radius 1 is 1.31 bits per heavy atom. The third-order valence-corrected chi connectivity index (χ3v) is 4.46. The molecule has 1 aromatic heterocycles. The Labute approximate surface area is 115 Å². The lowest BCUT2D eigenvalue weighted by Gasteiger charge is -2.10. The Morgan fingerprint density at radius 3 is 2.81 bits per heavy atom. The van der Waals surface area contributed by atoms with Crippen LogP contribution >= 0.6 is 43.2 Å². The average molecular weight is 364 g/mol. The molecule has 0 aliphatic rings. The Balaban J connectivity index is 2.20. The van der Waals surface area contributed by atoms with Crippen LogP contribution in [0.5, 0.6) is 0 Å². The van der Waals surface area contributed by atoms with Crippen LogP contribution in [0.3, 0.4) is 0 Å². The van der Waals surface area contributed by atoms with E-state index >= 15 is 0 Å². The van der Waals surface area contributed by atoms with Crippen molar-refractivity contribution < 1.29 is 4.39 Å². The minimum atomic E-state index is -0.165. The van der Waals surface area contributed by atoms with E-state index in [4.69, 9.17) is 0 Å². The quantitative estimate of drug-likeness (QED) is 0.646. The van der Waals surface area contributed by atoms with E-state index in [1.807, 2.05) is 17.5 Å². The minimum Gasteiger partial charge on any atom is -0.207 e. The Kier molecular flexibility index (Phi) is 4.16. The molecule has 0 nitrogen and oxygen atoms in total. The fourth-order valence-electron chi connectivity index (χ4n) is 1.47. The average Bonchev–Trinajstić information content (AvgIpc) is 2.74. The second-order valence-corrected chi connectivity index (χ2v) is 6.47. The normalized spacial score (nSPS) is 12.7. The molecular weight excluding hydrogens is 355 g/mol. The van der Waals surface area contributed by atoms with E-state index in [1.165, 1.54) is 10.9 Å². The first-order chi connectivity index (χ1) is 7.66.